The van der Waals surface area contributed by atoms with Gasteiger partial charge in [0.15, 0.2) is 9.84 Å². The third-order valence-electron chi connectivity index (χ3n) is 6.33. The number of nitrogens with one attached hydrogen (secondary N) is 1. The molecule has 3 heterocycles. The number of nitrogens with zero attached hydrogens (tertiary/aromatic N) is 3. The second-order valence-electron chi connectivity index (χ2n) is 8.89. The summed E-state index contributed by atoms with van der Waals surface area (Å²) in [6.07, 6.45) is 0.0713. The van der Waals surface area contributed by atoms with E-state index in [9.17, 15) is 26.0 Å². The zero-order valence-corrected chi connectivity index (χ0v) is 24.1. The number of rotatable bonds is 5. The van der Waals surface area contributed by atoms with Gasteiger partial charge in [-0.1, -0.05) is 6.07 Å². The van der Waals surface area contributed by atoms with Crippen molar-refractivity contribution in [2.24, 2.45) is 0 Å². The number of sulfone groups is 1. The number of piperidine rings is 1. The molecule has 0 amide bonds. The zero-order chi connectivity index (χ0) is 26.4. The van der Waals surface area contributed by atoms with Crippen molar-refractivity contribution >= 4 is 63.6 Å². The quantitative estimate of drug-likeness (QED) is 0.250. The van der Waals surface area contributed by atoms with E-state index in [0.717, 1.165) is 30.3 Å². The summed E-state index contributed by atoms with van der Waals surface area (Å²) in [5, 5.41) is 6.32. The number of fused-ring (bicyclic) bond motifs is 1. The summed E-state index contributed by atoms with van der Waals surface area (Å²) < 4.78 is 83.9. The number of aromatic nitrogens is 3. The maximum atomic E-state index is 13.6. The fraction of sp³-hybridized carbons (Fsp3) is 0.280. The van der Waals surface area contributed by atoms with Crippen LogP contribution >= 0.6 is 37.2 Å². The first-order chi connectivity index (χ1) is 17.5. The SMILES string of the molecule is CS(=O)(=O)c1cc(F)ccc1OC1CCN(c2ccnc3ccc(-c4cn[nH]c4C(F)(F)F)cc23)CC1.Cl.Cl.Cl. The van der Waals surface area contributed by atoms with Gasteiger partial charge in [0.1, 0.15) is 28.3 Å². The fourth-order valence-electron chi connectivity index (χ4n) is 4.56. The third-order valence-corrected chi connectivity index (χ3v) is 7.45. The molecule has 2 aromatic carbocycles. The first kappa shape index (κ1) is 33.4. The molecule has 15 heteroatoms. The smallest absolute Gasteiger partial charge is 0.433 e. The first-order valence-corrected chi connectivity index (χ1v) is 13.3. The number of halogens is 7. The summed E-state index contributed by atoms with van der Waals surface area (Å²) in [7, 11) is -3.68. The van der Waals surface area contributed by atoms with Gasteiger partial charge in [-0.3, -0.25) is 10.1 Å². The number of hydrogen-bond acceptors (Lipinski definition) is 6. The van der Waals surface area contributed by atoms with Gasteiger partial charge in [0.05, 0.1) is 11.7 Å². The molecule has 0 atom stereocenters. The van der Waals surface area contributed by atoms with Gasteiger partial charge in [-0.15, -0.1) is 37.2 Å². The van der Waals surface area contributed by atoms with Gasteiger partial charge >= 0.3 is 6.18 Å². The predicted molar refractivity (Wildman–Crippen MR) is 151 cm³/mol. The van der Waals surface area contributed by atoms with Gasteiger partial charge in [0, 0.05) is 55.0 Å². The second kappa shape index (κ2) is 12.8. The molecular weight excluding hydrogens is 619 g/mol. The van der Waals surface area contributed by atoms with Gasteiger partial charge in [-0.25, -0.2) is 12.8 Å². The number of anilines is 1. The maximum Gasteiger partial charge on any atom is 0.433 e. The molecule has 0 unspecified atom stereocenters. The number of ether oxygens (including phenoxy) is 1. The molecule has 7 nitrogen and oxygen atoms in total. The lowest BCUT2D eigenvalue weighted by Gasteiger charge is -2.34. The largest absolute Gasteiger partial charge is 0.489 e. The Kier molecular flexibility index (Phi) is 10.7. The van der Waals surface area contributed by atoms with Gasteiger partial charge < -0.3 is 9.64 Å². The Labute approximate surface area is 246 Å². The van der Waals surface area contributed by atoms with E-state index in [0.29, 0.717) is 42.4 Å². The van der Waals surface area contributed by atoms with Crippen LogP contribution in [0, 0.1) is 5.82 Å². The minimum atomic E-state index is -4.57. The van der Waals surface area contributed by atoms with Crippen LogP contribution < -0.4 is 9.64 Å². The van der Waals surface area contributed by atoms with Gasteiger partial charge in [-0.05, 0) is 42.0 Å². The van der Waals surface area contributed by atoms with Crippen LogP contribution in [0.4, 0.5) is 23.2 Å². The number of pyridine rings is 1. The Hall–Kier alpha value is -2.80. The number of H-pyrrole nitrogens is 1. The van der Waals surface area contributed by atoms with Gasteiger partial charge in [0.2, 0.25) is 0 Å². The van der Waals surface area contributed by atoms with Crippen LogP contribution in [0.15, 0.2) is 59.8 Å². The van der Waals surface area contributed by atoms with E-state index in [-0.39, 0.29) is 59.5 Å². The minimum Gasteiger partial charge on any atom is -0.489 e. The standard InChI is InChI=1S/C25H22F4N4O3S.3ClH/c1-37(34,35)23-13-16(26)3-5-22(23)36-17-7-10-33(11-8-17)21-6-9-30-20-4-2-15(12-18(20)21)19-14-31-32-24(19)25(27,28)29;;;/h2-6,9,12-14,17H,7-8,10-11H2,1H3,(H,31,32);3*1H. The normalized spacial score (nSPS) is 14.2. The molecule has 4 aromatic rings. The summed E-state index contributed by atoms with van der Waals surface area (Å²) in [6, 6.07) is 10.2. The molecule has 40 heavy (non-hydrogen) atoms. The number of aromatic amines is 1. The maximum absolute atomic E-state index is 13.6. The van der Waals surface area contributed by atoms with E-state index in [1.165, 1.54) is 6.07 Å². The highest BCUT2D eigenvalue weighted by Crippen LogP contribution is 2.38. The van der Waals surface area contributed by atoms with Crippen molar-refractivity contribution in [2.45, 2.75) is 30.0 Å². The Balaban J connectivity index is 0.00000187. The van der Waals surface area contributed by atoms with Crippen LogP contribution in [0.2, 0.25) is 0 Å². The fourth-order valence-corrected chi connectivity index (χ4v) is 5.37. The highest BCUT2D eigenvalue weighted by molar-refractivity contribution is 7.90. The Morgan fingerprint density at radius 1 is 1.02 bits per heavy atom. The van der Waals surface area contributed by atoms with E-state index >= 15 is 0 Å². The van der Waals surface area contributed by atoms with Gasteiger partial charge in [-0.2, -0.15) is 18.3 Å². The van der Waals surface area contributed by atoms with Crippen molar-refractivity contribution in [3.63, 3.8) is 0 Å². The molecule has 0 radical (unpaired) electrons. The first-order valence-electron chi connectivity index (χ1n) is 11.4. The summed E-state index contributed by atoms with van der Waals surface area (Å²) in [4.78, 5) is 6.26. The monoisotopic (exact) mass is 642 g/mol. The second-order valence-corrected chi connectivity index (χ2v) is 10.9. The van der Waals surface area contributed by atoms with Gasteiger partial charge in [0.25, 0.3) is 0 Å². The topological polar surface area (TPSA) is 88.2 Å². The Morgan fingerprint density at radius 3 is 2.38 bits per heavy atom. The molecule has 2 aromatic heterocycles. The van der Waals surface area contributed by atoms with Crippen LogP contribution in [-0.2, 0) is 16.0 Å². The van der Waals surface area contributed by atoms with Crippen LogP contribution in [0.3, 0.4) is 0 Å². The molecule has 0 bridgehead atoms. The minimum absolute atomic E-state index is 0. The molecule has 0 spiro atoms. The van der Waals surface area contributed by atoms with Crippen molar-refractivity contribution in [3.8, 4) is 16.9 Å². The summed E-state index contributed by atoms with van der Waals surface area (Å²) in [6.45, 7) is 1.12. The predicted octanol–water partition coefficient (Wildman–Crippen LogP) is 6.50. The van der Waals surface area contributed by atoms with E-state index in [4.69, 9.17) is 4.74 Å². The van der Waals surface area contributed by atoms with Crippen molar-refractivity contribution in [3.05, 3.63) is 66.4 Å². The number of hydrogen-bond donors (Lipinski definition) is 1. The molecule has 1 aliphatic rings. The van der Waals surface area contributed by atoms with E-state index in [1.807, 2.05) is 11.2 Å². The summed E-state index contributed by atoms with van der Waals surface area (Å²) in [5.74, 6) is -0.550. The lowest BCUT2D eigenvalue weighted by Crippen LogP contribution is -2.38. The highest BCUT2D eigenvalue weighted by Gasteiger charge is 2.36. The molecule has 1 saturated heterocycles. The van der Waals surface area contributed by atoms with Crippen LogP contribution in [0.25, 0.3) is 22.0 Å². The molecule has 1 fully saturated rings. The number of alkyl halides is 3. The molecule has 0 aliphatic carbocycles. The molecule has 0 saturated carbocycles. The molecule has 1 aliphatic heterocycles. The lowest BCUT2D eigenvalue weighted by atomic mass is 10.0. The van der Waals surface area contributed by atoms with Crippen LogP contribution in [-0.4, -0.2) is 49.0 Å². The van der Waals surface area contributed by atoms with E-state index in [2.05, 4.69) is 15.0 Å². The summed E-state index contributed by atoms with van der Waals surface area (Å²) in [5.41, 5.74) is 0.870. The molecule has 218 valence electrons. The van der Waals surface area contributed by atoms with E-state index < -0.39 is 27.5 Å². The Morgan fingerprint density at radius 2 is 1.73 bits per heavy atom. The van der Waals surface area contributed by atoms with Crippen LogP contribution in [0.1, 0.15) is 18.5 Å². The van der Waals surface area contributed by atoms with E-state index in [1.54, 1.807) is 24.4 Å². The van der Waals surface area contributed by atoms with Crippen LogP contribution in [0.5, 0.6) is 5.75 Å². The average molecular weight is 644 g/mol. The van der Waals surface area contributed by atoms with Crippen molar-refractivity contribution < 1.29 is 30.7 Å². The number of benzene rings is 2. The zero-order valence-electron chi connectivity index (χ0n) is 20.8. The lowest BCUT2D eigenvalue weighted by molar-refractivity contribution is -0.140. The highest BCUT2D eigenvalue weighted by atomic mass is 35.5. The average Bonchev–Trinajstić information content (AvgIpc) is 3.35. The molecule has 5 rings (SSSR count). The summed E-state index contributed by atoms with van der Waals surface area (Å²) >= 11 is 0. The third kappa shape index (κ3) is 6.91. The Bertz CT molecular complexity index is 1580. The molecular formula is C25H25Cl3F4N4O3S. The van der Waals surface area contributed by atoms with Crippen molar-refractivity contribution in [2.75, 3.05) is 24.2 Å². The van der Waals surface area contributed by atoms with Crippen molar-refractivity contribution in [1.82, 2.24) is 15.2 Å². The van der Waals surface area contributed by atoms with Crippen molar-refractivity contribution in [1.29, 1.82) is 0 Å². The molecule has 1 N–H and O–H groups in total.